The highest BCUT2D eigenvalue weighted by atomic mass is 16.6. The number of hydrogen-bond acceptors (Lipinski definition) is 5. The summed E-state index contributed by atoms with van der Waals surface area (Å²) in [5.41, 5.74) is 1.31. The first kappa shape index (κ1) is 22.3. The van der Waals surface area contributed by atoms with Gasteiger partial charge < -0.3 is 25.1 Å². The fraction of sp³-hybridized carbons (Fsp3) is 0.476. The molecule has 29 heavy (non-hydrogen) atoms. The summed E-state index contributed by atoms with van der Waals surface area (Å²) in [6.45, 7) is 5.63. The van der Waals surface area contributed by atoms with E-state index in [2.05, 4.69) is 15.6 Å². The molecule has 2 rings (SSSR count). The van der Waals surface area contributed by atoms with Crippen molar-refractivity contribution in [3.8, 4) is 0 Å². The predicted octanol–water partition coefficient (Wildman–Crippen LogP) is 2.67. The minimum atomic E-state index is -0.787. The smallest absolute Gasteiger partial charge is 0.407 e. The first-order valence-corrected chi connectivity index (χ1v) is 9.58. The second-order valence-corrected chi connectivity index (χ2v) is 7.74. The molecule has 0 radical (unpaired) electrons. The minimum Gasteiger partial charge on any atom is -0.467 e. The van der Waals surface area contributed by atoms with Gasteiger partial charge in [-0.05, 0) is 38.8 Å². The summed E-state index contributed by atoms with van der Waals surface area (Å²) >= 11 is 0. The Morgan fingerprint density at radius 1 is 1.17 bits per heavy atom. The SMILES string of the molecule is COC(=O)C(Cc1c[nH]c2ccccc12)NC(=O)CCCNC(=O)OC(C)(C)C. The lowest BCUT2D eigenvalue weighted by Crippen LogP contribution is -2.43. The van der Waals surface area contributed by atoms with Crippen LogP contribution in [0.5, 0.6) is 0 Å². The molecule has 0 bridgehead atoms. The number of methoxy groups -OCH3 is 1. The first-order chi connectivity index (χ1) is 13.7. The van der Waals surface area contributed by atoms with Gasteiger partial charge in [0.15, 0.2) is 0 Å². The third kappa shape index (κ3) is 7.14. The van der Waals surface area contributed by atoms with Gasteiger partial charge in [0.1, 0.15) is 11.6 Å². The second kappa shape index (κ2) is 9.95. The van der Waals surface area contributed by atoms with Crippen molar-refractivity contribution < 1.29 is 23.9 Å². The van der Waals surface area contributed by atoms with Crippen molar-refractivity contribution in [3.05, 3.63) is 36.0 Å². The molecule has 3 N–H and O–H groups in total. The maximum Gasteiger partial charge on any atom is 0.407 e. The number of amides is 2. The van der Waals surface area contributed by atoms with Crippen LogP contribution >= 0.6 is 0 Å². The molecule has 2 amide bonds. The number of aromatic nitrogens is 1. The molecule has 1 unspecified atom stereocenters. The van der Waals surface area contributed by atoms with Gasteiger partial charge in [-0.25, -0.2) is 9.59 Å². The Kier molecular flexibility index (Phi) is 7.64. The minimum absolute atomic E-state index is 0.164. The largest absolute Gasteiger partial charge is 0.467 e. The number of benzene rings is 1. The first-order valence-electron chi connectivity index (χ1n) is 9.58. The monoisotopic (exact) mass is 403 g/mol. The Morgan fingerprint density at radius 3 is 2.59 bits per heavy atom. The maximum absolute atomic E-state index is 12.3. The third-order valence-electron chi connectivity index (χ3n) is 4.17. The summed E-state index contributed by atoms with van der Waals surface area (Å²) in [6.07, 6.45) is 2.21. The highest BCUT2D eigenvalue weighted by Gasteiger charge is 2.23. The van der Waals surface area contributed by atoms with Crippen LogP contribution in [0.25, 0.3) is 10.9 Å². The average molecular weight is 403 g/mol. The maximum atomic E-state index is 12.3. The lowest BCUT2D eigenvalue weighted by atomic mass is 10.0. The van der Waals surface area contributed by atoms with Gasteiger partial charge in [-0.3, -0.25) is 4.79 Å². The number of carbonyl (C=O) groups is 3. The Bertz CT molecular complexity index is 853. The van der Waals surface area contributed by atoms with E-state index in [4.69, 9.17) is 9.47 Å². The van der Waals surface area contributed by atoms with Crippen molar-refractivity contribution in [2.45, 2.75) is 51.7 Å². The predicted molar refractivity (Wildman–Crippen MR) is 109 cm³/mol. The van der Waals surface area contributed by atoms with Crippen LogP contribution < -0.4 is 10.6 Å². The molecule has 0 saturated heterocycles. The average Bonchev–Trinajstić information content (AvgIpc) is 3.06. The van der Waals surface area contributed by atoms with Crippen LogP contribution in [0, 0.1) is 0 Å². The fourth-order valence-electron chi connectivity index (χ4n) is 2.88. The number of hydrogen-bond donors (Lipinski definition) is 3. The van der Waals surface area contributed by atoms with Crippen molar-refractivity contribution in [2.24, 2.45) is 0 Å². The summed E-state index contributed by atoms with van der Waals surface area (Å²) in [5.74, 6) is -0.790. The summed E-state index contributed by atoms with van der Waals surface area (Å²) in [6, 6.07) is 6.96. The van der Waals surface area contributed by atoms with E-state index in [0.717, 1.165) is 16.5 Å². The van der Waals surface area contributed by atoms with Crippen LogP contribution in [0.15, 0.2) is 30.5 Å². The van der Waals surface area contributed by atoms with E-state index in [9.17, 15) is 14.4 Å². The fourth-order valence-corrected chi connectivity index (χ4v) is 2.88. The van der Waals surface area contributed by atoms with Gasteiger partial charge in [0.25, 0.3) is 0 Å². The van der Waals surface area contributed by atoms with Crippen LogP contribution in [-0.4, -0.2) is 48.3 Å². The number of fused-ring (bicyclic) bond motifs is 1. The highest BCUT2D eigenvalue weighted by Crippen LogP contribution is 2.19. The molecule has 158 valence electrons. The zero-order valence-electron chi connectivity index (χ0n) is 17.3. The van der Waals surface area contributed by atoms with Gasteiger partial charge in [-0.2, -0.15) is 0 Å². The molecule has 0 aliphatic heterocycles. The Balaban J connectivity index is 1.86. The van der Waals surface area contributed by atoms with E-state index in [1.54, 1.807) is 20.8 Å². The van der Waals surface area contributed by atoms with E-state index in [-0.39, 0.29) is 12.3 Å². The number of ether oxygens (including phenoxy) is 2. The van der Waals surface area contributed by atoms with Gasteiger partial charge in [-0.15, -0.1) is 0 Å². The molecular weight excluding hydrogens is 374 g/mol. The number of para-hydroxylation sites is 1. The molecule has 0 saturated carbocycles. The van der Waals surface area contributed by atoms with Gasteiger partial charge >= 0.3 is 12.1 Å². The number of carbonyl (C=O) groups excluding carboxylic acids is 3. The number of alkyl carbamates (subject to hydrolysis) is 1. The summed E-state index contributed by atoms with van der Waals surface area (Å²) in [4.78, 5) is 39.2. The Morgan fingerprint density at radius 2 is 1.90 bits per heavy atom. The standard InChI is InChI=1S/C21H29N3O5/c1-21(2,3)29-20(27)22-11-7-10-18(25)24-17(19(26)28-4)12-14-13-23-16-9-6-5-8-15(14)16/h5-6,8-9,13,17,23H,7,10-12H2,1-4H3,(H,22,27)(H,24,25). The van der Waals surface area contributed by atoms with E-state index in [1.807, 2.05) is 30.5 Å². The molecule has 8 nitrogen and oxygen atoms in total. The topological polar surface area (TPSA) is 110 Å². The molecule has 0 fully saturated rings. The molecule has 2 aromatic rings. The van der Waals surface area contributed by atoms with E-state index in [0.29, 0.717) is 19.4 Å². The zero-order valence-corrected chi connectivity index (χ0v) is 17.3. The highest BCUT2D eigenvalue weighted by molar-refractivity contribution is 5.87. The second-order valence-electron chi connectivity index (χ2n) is 7.74. The molecule has 8 heteroatoms. The van der Waals surface area contributed by atoms with Crippen molar-refractivity contribution in [1.82, 2.24) is 15.6 Å². The van der Waals surface area contributed by atoms with Crippen LogP contribution in [0.1, 0.15) is 39.2 Å². The van der Waals surface area contributed by atoms with E-state index in [1.165, 1.54) is 7.11 Å². The summed E-state index contributed by atoms with van der Waals surface area (Å²) < 4.78 is 9.97. The number of nitrogens with one attached hydrogen (secondary N) is 3. The number of aromatic amines is 1. The molecule has 0 aliphatic rings. The lowest BCUT2D eigenvalue weighted by molar-refractivity contribution is -0.145. The van der Waals surface area contributed by atoms with Crippen molar-refractivity contribution >= 4 is 28.9 Å². The normalized spacial score (nSPS) is 12.3. The van der Waals surface area contributed by atoms with Crippen LogP contribution in [0.3, 0.4) is 0 Å². The molecule has 1 aromatic carbocycles. The van der Waals surface area contributed by atoms with E-state index >= 15 is 0 Å². The zero-order chi connectivity index (χ0) is 21.4. The van der Waals surface area contributed by atoms with Crippen LogP contribution in [0.4, 0.5) is 4.79 Å². The van der Waals surface area contributed by atoms with Crippen LogP contribution in [-0.2, 0) is 25.5 Å². The summed E-state index contributed by atoms with van der Waals surface area (Å²) in [7, 11) is 1.29. The third-order valence-corrected chi connectivity index (χ3v) is 4.17. The number of esters is 1. The van der Waals surface area contributed by atoms with Crippen LogP contribution in [0.2, 0.25) is 0 Å². The van der Waals surface area contributed by atoms with Gasteiger partial charge in [0, 0.05) is 36.5 Å². The van der Waals surface area contributed by atoms with Gasteiger partial charge in [0.2, 0.25) is 5.91 Å². The van der Waals surface area contributed by atoms with Crippen molar-refractivity contribution in [2.75, 3.05) is 13.7 Å². The molecule has 0 aliphatic carbocycles. The van der Waals surface area contributed by atoms with Gasteiger partial charge in [0.05, 0.1) is 7.11 Å². The molecule has 1 aromatic heterocycles. The lowest BCUT2D eigenvalue weighted by Gasteiger charge is -2.19. The Hall–Kier alpha value is -3.03. The number of H-pyrrole nitrogens is 1. The van der Waals surface area contributed by atoms with Gasteiger partial charge in [-0.1, -0.05) is 18.2 Å². The molecule has 0 spiro atoms. The van der Waals surface area contributed by atoms with Crippen molar-refractivity contribution in [1.29, 1.82) is 0 Å². The van der Waals surface area contributed by atoms with Crippen molar-refractivity contribution in [3.63, 3.8) is 0 Å². The Labute approximate surface area is 170 Å². The molecular formula is C21H29N3O5. The molecule has 1 atom stereocenters. The van der Waals surface area contributed by atoms with E-state index < -0.39 is 23.7 Å². The number of rotatable bonds is 8. The summed E-state index contributed by atoms with van der Waals surface area (Å²) in [5, 5.41) is 6.32. The molecule has 1 heterocycles. The quantitative estimate of drug-likeness (QED) is 0.464.